The zero-order valence-electron chi connectivity index (χ0n) is 24.4. The molecule has 5 saturated carbocycles. The number of ether oxygens (including phenoxy) is 1. The molecule has 218 valence electrons. The van der Waals surface area contributed by atoms with Gasteiger partial charge in [-0.3, -0.25) is 0 Å². The molecule has 1 amide bonds. The Kier molecular flexibility index (Phi) is 8.45. The number of alkyl carbamates (subject to hydrolysis) is 1. The van der Waals surface area contributed by atoms with E-state index in [1.807, 2.05) is 0 Å². The second-order valence-electron chi connectivity index (χ2n) is 14.6. The van der Waals surface area contributed by atoms with E-state index in [0.29, 0.717) is 48.0 Å². The van der Waals surface area contributed by atoms with E-state index in [9.17, 15) is 20.1 Å². The van der Waals surface area contributed by atoms with Gasteiger partial charge < -0.3 is 25.4 Å². The average Bonchev–Trinajstić information content (AvgIpc) is 3.24. The number of carbonyl (C=O) groups excluding carboxylic acids is 1. The molecule has 0 aliphatic heterocycles. The first-order chi connectivity index (χ1) is 18.1. The molecule has 13 atom stereocenters. The van der Waals surface area contributed by atoms with Gasteiger partial charge in [-0.05, 0) is 116 Å². The summed E-state index contributed by atoms with van der Waals surface area (Å²) in [6, 6.07) is -0.180. The van der Waals surface area contributed by atoms with Gasteiger partial charge in [0.05, 0.1) is 31.0 Å². The van der Waals surface area contributed by atoms with Crippen molar-refractivity contribution in [3.63, 3.8) is 0 Å². The number of fused-ring (bicyclic) bond motifs is 5. The summed E-state index contributed by atoms with van der Waals surface area (Å²) in [5.41, 5.74) is 0.466. The van der Waals surface area contributed by atoms with Crippen LogP contribution >= 0.6 is 0 Å². The first kappa shape index (κ1) is 28.7. The van der Waals surface area contributed by atoms with Crippen molar-refractivity contribution in [2.75, 3.05) is 6.61 Å². The summed E-state index contributed by atoms with van der Waals surface area (Å²) in [4.78, 5) is 12.4. The zero-order chi connectivity index (χ0) is 27.2. The smallest absolute Gasteiger partial charge is 0.407 e. The Bertz CT molecular complexity index is 837. The van der Waals surface area contributed by atoms with Crippen LogP contribution in [0.2, 0.25) is 0 Å². The van der Waals surface area contributed by atoms with E-state index < -0.39 is 12.2 Å². The van der Waals surface area contributed by atoms with Crippen LogP contribution in [0.1, 0.15) is 111 Å². The quantitative estimate of drug-likeness (QED) is 0.353. The monoisotopic (exact) mass is 533 g/mol. The standard InChI is InChI=1S/C32H55NO5/c1-5-21-25-18-20(34)12-15-32(25,4)24-13-16-31(3)22(10-11-23(31)28(24)29(21)36)19(2)14-17-38-30(37)33-26-8-6-7-9-27(26)35/h19-29,34-36H,5-18H2,1-4H3,(H,33,37)/t19-,20-,21-,22-,23+,24+,25?,26+,27+,28?,29-,31?,32?/m1/s1. The van der Waals surface area contributed by atoms with Crippen molar-refractivity contribution in [3.05, 3.63) is 0 Å². The molecule has 0 aromatic carbocycles. The van der Waals surface area contributed by atoms with E-state index in [0.717, 1.165) is 57.8 Å². The molecule has 0 bridgehead atoms. The minimum absolute atomic E-state index is 0.180. The number of nitrogens with one attached hydrogen (secondary N) is 1. The van der Waals surface area contributed by atoms with E-state index in [4.69, 9.17) is 4.74 Å². The first-order valence-electron chi connectivity index (χ1n) is 16.1. The van der Waals surface area contributed by atoms with Crippen LogP contribution in [0.5, 0.6) is 0 Å². The number of amides is 1. The van der Waals surface area contributed by atoms with Gasteiger partial charge in [-0.15, -0.1) is 0 Å². The second kappa shape index (κ2) is 11.2. The fourth-order valence-electron chi connectivity index (χ4n) is 10.9. The summed E-state index contributed by atoms with van der Waals surface area (Å²) in [6.07, 6.45) is 11.9. The van der Waals surface area contributed by atoms with Crippen LogP contribution in [0.15, 0.2) is 0 Å². The molecule has 0 heterocycles. The van der Waals surface area contributed by atoms with Crippen molar-refractivity contribution in [1.82, 2.24) is 5.32 Å². The molecular weight excluding hydrogens is 478 g/mol. The summed E-state index contributed by atoms with van der Waals surface area (Å²) in [5.74, 6) is 3.27. The van der Waals surface area contributed by atoms with Gasteiger partial charge in [0.15, 0.2) is 0 Å². The first-order valence-corrected chi connectivity index (χ1v) is 16.1. The van der Waals surface area contributed by atoms with Crippen molar-refractivity contribution in [2.45, 2.75) is 136 Å². The van der Waals surface area contributed by atoms with E-state index in [2.05, 4.69) is 33.0 Å². The van der Waals surface area contributed by atoms with Crippen molar-refractivity contribution < 1.29 is 24.9 Å². The number of hydrogen-bond acceptors (Lipinski definition) is 5. The predicted molar refractivity (Wildman–Crippen MR) is 148 cm³/mol. The fourth-order valence-corrected chi connectivity index (χ4v) is 10.9. The van der Waals surface area contributed by atoms with Crippen molar-refractivity contribution in [2.24, 2.45) is 52.3 Å². The molecule has 0 saturated heterocycles. The summed E-state index contributed by atoms with van der Waals surface area (Å²) in [7, 11) is 0. The Labute approximate surface area is 230 Å². The third-order valence-corrected chi connectivity index (χ3v) is 13.0. The van der Waals surface area contributed by atoms with E-state index in [1.54, 1.807) is 0 Å². The highest BCUT2D eigenvalue weighted by molar-refractivity contribution is 5.67. The summed E-state index contributed by atoms with van der Waals surface area (Å²) in [5, 5.41) is 35.4. The largest absolute Gasteiger partial charge is 0.450 e. The van der Waals surface area contributed by atoms with Gasteiger partial charge in [0.2, 0.25) is 0 Å². The summed E-state index contributed by atoms with van der Waals surface area (Å²) < 4.78 is 5.58. The Morgan fingerprint density at radius 3 is 2.39 bits per heavy atom. The van der Waals surface area contributed by atoms with E-state index in [1.165, 1.54) is 25.7 Å². The summed E-state index contributed by atoms with van der Waals surface area (Å²) in [6.45, 7) is 10.0. The Balaban J connectivity index is 1.22. The van der Waals surface area contributed by atoms with Gasteiger partial charge in [-0.2, -0.15) is 0 Å². The van der Waals surface area contributed by atoms with Crippen LogP contribution in [-0.4, -0.2) is 52.4 Å². The van der Waals surface area contributed by atoms with Crippen LogP contribution in [0.25, 0.3) is 0 Å². The lowest BCUT2D eigenvalue weighted by Crippen LogP contribution is -2.62. The van der Waals surface area contributed by atoms with Gasteiger partial charge >= 0.3 is 6.09 Å². The van der Waals surface area contributed by atoms with E-state index in [-0.39, 0.29) is 29.1 Å². The molecular formula is C32H55NO5. The normalized spacial score (nSPS) is 49.3. The molecule has 5 aliphatic carbocycles. The molecule has 6 heteroatoms. The van der Waals surface area contributed by atoms with Gasteiger partial charge in [0.1, 0.15) is 0 Å². The molecule has 5 fully saturated rings. The molecule has 5 rings (SSSR count). The Morgan fingerprint density at radius 2 is 1.66 bits per heavy atom. The molecule has 0 aromatic heterocycles. The van der Waals surface area contributed by atoms with Crippen LogP contribution in [-0.2, 0) is 4.74 Å². The Morgan fingerprint density at radius 1 is 0.947 bits per heavy atom. The maximum absolute atomic E-state index is 12.4. The lowest BCUT2D eigenvalue weighted by atomic mass is 9.41. The highest BCUT2D eigenvalue weighted by Crippen LogP contribution is 2.69. The van der Waals surface area contributed by atoms with Gasteiger partial charge in [0.25, 0.3) is 0 Å². The minimum atomic E-state index is -0.459. The molecule has 0 spiro atoms. The predicted octanol–water partition coefficient (Wildman–Crippen LogP) is 5.67. The lowest BCUT2D eigenvalue weighted by molar-refractivity contribution is -0.203. The van der Waals surface area contributed by atoms with Gasteiger partial charge in [-0.25, -0.2) is 4.79 Å². The number of aliphatic hydroxyl groups is 3. The maximum Gasteiger partial charge on any atom is 0.407 e. The third-order valence-electron chi connectivity index (χ3n) is 13.0. The number of hydrogen-bond donors (Lipinski definition) is 4. The van der Waals surface area contributed by atoms with Crippen molar-refractivity contribution >= 4 is 6.09 Å². The highest BCUT2D eigenvalue weighted by Gasteiger charge is 2.64. The average molecular weight is 534 g/mol. The Hall–Kier alpha value is -0.850. The lowest BCUT2D eigenvalue weighted by Gasteiger charge is -2.64. The third kappa shape index (κ3) is 4.93. The van der Waals surface area contributed by atoms with Crippen LogP contribution in [0.4, 0.5) is 4.79 Å². The van der Waals surface area contributed by atoms with Crippen LogP contribution in [0, 0.1) is 52.3 Å². The number of rotatable bonds is 6. The molecule has 0 aromatic rings. The molecule has 6 nitrogen and oxygen atoms in total. The zero-order valence-corrected chi connectivity index (χ0v) is 24.4. The van der Waals surface area contributed by atoms with Crippen LogP contribution < -0.4 is 5.32 Å². The maximum atomic E-state index is 12.4. The molecule has 5 aliphatic rings. The van der Waals surface area contributed by atoms with Gasteiger partial charge in [0, 0.05) is 0 Å². The molecule has 4 N–H and O–H groups in total. The number of carbonyl (C=O) groups is 1. The highest BCUT2D eigenvalue weighted by atomic mass is 16.5. The van der Waals surface area contributed by atoms with Gasteiger partial charge in [-0.1, -0.05) is 47.0 Å². The molecule has 38 heavy (non-hydrogen) atoms. The molecule has 4 unspecified atom stereocenters. The van der Waals surface area contributed by atoms with Crippen LogP contribution in [0.3, 0.4) is 0 Å². The summed E-state index contributed by atoms with van der Waals surface area (Å²) >= 11 is 0. The number of aliphatic hydroxyl groups excluding tert-OH is 3. The van der Waals surface area contributed by atoms with E-state index >= 15 is 0 Å². The van der Waals surface area contributed by atoms with Crippen molar-refractivity contribution in [3.8, 4) is 0 Å². The van der Waals surface area contributed by atoms with Crippen molar-refractivity contribution in [1.29, 1.82) is 0 Å². The molecule has 0 radical (unpaired) electrons. The fraction of sp³-hybridized carbons (Fsp3) is 0.969. The SMILES string of the molecule is CC[C@@H]1C2C[C@H](O)CCC2(C)[C@H]2CCC3(C)[C@@H]([C@H](C)CCOC(=O)N[C@H]4CCCC[C@@H]4O)CC[C@H]3C2[C@@H]1O. The topological polar surface area (TPSA) is 99.0 Å². The minimum Gasteiger partial charge on any atom is -0.450 e. The second-order valence-corrected chi connectivity index (χ2v) is 14.6.